The maximum atomic E-state index is 12.7. The molecule has 4 rings (SSSR count). The lowest BCUT2D eigenvalue weighted by Crippen LogP contribution is -2.27. The fourth-order valence-corrected chi connectivity index (χ4v) is 3.86. The summed E-state index contributed by atoms with van der Waals surface area (Å²) in [6.45, 7) is 0.347. The summed E-state index contributed by atoms with van der Waals surface area (Å²) in [6, 6.07) is 12.7. The van der Waals surface area contributed by atoms with Crippen molar-refractivity contribution < 1.29 is 26.1 Å². The van der Waals surface area contributed by atoms with Crippen LogP contribution < -0.4 is 4.72 Å². The number of fused-ring (bicyclic) bond motifs is 1. The van der Waals surface area contributed by atoms with Crippen LogP contribution in [0.15, 0.2) is 64.3 Å². The van der Waals surface area contributed by atoms with E-state index < -0.39 is 22.1 Å². The van der Waals surface area contributed by atoms with E-state index in [0.29, 0.717) is 16.6 Å². The van der Waals surface area contributed by atoms with E-state index in [0.717, 1.165) is 0 Å². The van der Waals surface area contributed by atoms with Crippen molar-refractivity contribution >= 4 is 21.1 Å². The van der Waals surface area contributed by atoms with Crippen molar-refractivity contribution in [2.45, 2.75) is 17.6 Å². The van der Waals surface area contributed by atoms with Gasteiger partial charge in [-0.1, -0.05) is 23.4 Å². The molecule has 4 aromatic rings. The van der Waals surface area contributed by atoms with Gasteiger partial charge in [0, 0.05) is 18.7 Å². The van der Waals surface area contributed by atoms with E-state index in [4.69, 9.17) is 0 Å². The van der Waals surface area contributed by atoms with Gasteiger partial charge in [0.15, 0.2) is 0 Å². The van der Waals surface area contributed by atoms with Gasteiger partial charge in [-0.3, -0.25) is 0 Å². The first-order chi connectivity index (χ1) is 14.2. The Morgan fingerprint density at radius 1 is 1.10 bits per heavy atom. The third kappa shape index (κ3) is 4.04. The van der Waals surface area contributed by atoms with Crippen LogP contribution in [0.5, 0.6) is 0 Å². The first-order valence-corrected chi connectivity index (χ1v) is 10.1. The van der Waals surface area contributed by atoms with Gasteiger partial charge >= 0.3 is 12.1 Å². The molecule has 12 heteroatoms. The quantitative estimate of drug-likeness (QED) is 0.497. The zero-order chi connectivity index (χ0) is 21.4. The van der Waals surface area contributed by atoms with Crippen LogP contribution in [-0.2, 0) is 22.7 Å². The van der Waals surface area contributed by atoms with Crippen LogP contribution in [0.25, 0.3) is 22.4 Å². The average molecular weight is 437 g/mol. The molecule has 0 radical (unpaired) electrons. The number of nitrogens with one attached hydrogen (secondary N) is 1. The number of imidazole rings is 1. The van der Waals surface area contributed by atoms with E-state index >= 15 is 0 Å². The summed E-state index contributed by atoms with van der Waals surface area (Å²) >= 11 is 0. The van der Waals surface area contributed by atoms with Crippen LogP contribution in [0.1, 0.15) is 5.89 Å². The molecule has 1 N–H and O–H groups in total. The van der Waals surface area contributed by atoms with E-state index in [1.807, 2.05) is 0 Å². The van der Waals surface area contributed by atoms with E-state index in [1.165, 1.54) is 24.5 Å². The summed E-state index contributed by atoms with van der Waals surface area (Å²) < 4.78 is 71.1. The zero-order valence-electron chi connectivity index (χ0n) is 15.2. The molecule has 0 spiro atoms. The Labute approximate surface area is 168 Å². The molecular weight excluding hydrogens is 423 g/mol. The molecule has 0 aliphatic heterocycles. The van der Waals surface area contributed by atoms with E-state index in [-0.39, 0.29) is 23.8 Å². The van der Waals surface area contributed by atoms with Crippen LogP contribution in [0.4, 0.5) is 13.2 Å². The number of halogens is 3. The highest BCUT2D eigenvalue weighted by Gasteiger charge is 2.38. The fourth-order valence-electron chi connectivity index (χ4n) is 2.81. The standard InChI is InChI=1S/C18H14F3N5O3S/c19-18(20,21)17-24-16(25-29-17)12-6-7-14-15(10-12)26(11-22-14)9-8-23-30(27,28)13-4-2-1-3-5-13/h1-7,10-11,23H,8-9H2. The number of hydrogen-bond donors (Lipinski definition) is 1. The maximum Gasteiger partial charge on any atom is 0.471 e. The highest BCUT2D eigenvalue weighted by molar-refractivity contribution is 7.89. The van der Waals surface area contributed by atoms with Crippen molar-refractivity contribution in [2.75, 3.05) is 6.54 Å². The molecule has 0 atom stereocenters. The maximum absolute atomic E-state index is 12.7. The number of sulfonamides is 1. The van der Waals surface area contributed by atoms with Crippen LogP contribution >= 0.6 is 0 Å². The lowest BCUT2D eigenvalue weighted by molar-refractivity contribution is -0.159. The van der Waals surface area contributed by atoms with Gasteiger partial charge in [0.2, 0.25) is 15.8 Å². The summed E-state index contributed by atoms with van der Waals surface area (Å²) in [5.74, 6) is -1.64. The predicted octanol–water partition coefficient (Wildman–Crippen LogP) is 3.08. The van der Waals surface area contributed by atoms with Crippen molar-refractivity contribution in [1.29, 1.82) is 0 Å². The van der Waals surface area contributed by atoms with Crippen molar-refractivity contribution in [1.82, 2.24) is 24.4 Å². The molecular formula is C18H14F3N5O3S. The molecule has 30 heavy (non-hydrogen) atoms. The minimum absolute atomic E-state index is 0.0906. The van der Waals surface area contributed by atoms with Crippen molar-refractivity contribution in [3.63, 3.8) is 0 Å². The first kappa shape index (κ1) is 20.0. The Morgan fingerprint density at radius 2 is 1.87 bits per heavy atom. The second kappa shape index (κ2) is 7.54. The number of hydrogen-bond acceptors (Lipinski definition) is 6. The van der Waals surface area contributed by atoms with Gasteiger partial charge in [-0.05, 0) is 30.3 Å². The molecule has 0 saturated heterocycles. The van der Waals surface area contributed by atoms with Crippen LogP contribution in [0.2, 0.25) is 0 Å². The van der Waals surface area contributed by atoms with Crippen LogP contribution in [0.3, 0.4) is 0 Å². The van der Waals surface area contributed by atoms with E-state index in [2.05, 4.69) is 24.4 Å². The summed E-state index contributed by atoms with van der Waals surface area (Å²) in [6.07, 6.45) is -3.21. The smallest absolute Gasteiger partial charge is 0.329 e. The van der Waals surface area contributed by atoms with Gasteiger partial charge in [-0.15, -0.1) is 0 Å². The molecule has 0 unspecified atom stereocenters. The topological polar surface area (TPSA) is 103 Å². The summed E-state index contributed by atoms with van der Waals surface area (Å²) in [5, 5.41) is 3.37. The molecule has 2 aromatic heterocycles. The largest absolute Gasteiger partial charge is 0.471 e. The fraction of sp³-hybridized carbons (Fsp3) is 0.167. The van der Waals surface area contributed by atoms with Crippen LogP contribution in [-0.4, -0.2) is 34.7 Å². The molecule has 156 valence electrons. The molecule has 0 saturated carbocycles. The summed E-state index contributed by atoms with van der Waals surface area (Å²) in [5.41, 5.74) is 1.49. The van der Waals surface area contributed by atoms with Gasteiger partial charge in [0.1, 0.15) is 0 Å². The Balaban J connectivity index is 1.53. The second-order valence-electron chi connectivity index (χ2n) is 6.27. The Bertz CT molecular complexity index is 1280. The minimum atomic E-state index is -4.73. The number of benzene rings is 2. The zero-order valence-corrected chi connectivity index (χ0v) is 16.0. The number of alkyl halides is 3. The van der Waals surface area contributed by atoms with Gasteiger partial charge in [-0.2, -0.15) is 18.2 Å². The van der Waals surface area contributed by atoms with Gasteiger partial charge in [0.05, 0.1) is 22.3 Å². The molecule has 0 bridgehead atoms. The number of rotatable bonds is 6. The monoisotopic (exact) mass is 437 g/mol. The van der Waals surface area contributed by atoms with Gasteiger partial charge in [0.25, 0.3) is 0 Å². The Morgan fingerprint density at radius 3 is 2.57 bits per heavy atom. The minimum Gasteiger partial charge on any atom is -0.329 e. The summed E-state index contributed by atoms with van der Waals surface area (Å²) in [4.78, 5) is 7.74. The molecule has 0 aliphatic carbocycles. The Kier molecular flexibility index (Phi) is 5.03. The molecule has 0 aliphatic rings. The molecule has 2 heterocycles. The summed E-state index contributed by atoms with van der Waals surface area (Å²) in [7, 11) is -3.65. The molecule has 0 amide bonds. The Hall–Kier alpha value is -3.25. The lowest BCUT2D eigenvalue weighted by atomic mass is 10.2. The molecule has 0 fully saturated rings. The normalized spacial score (nSPS) is 12.5. The van der Waals surface area contributed by atoms with Crippen LogP contribution in [0, 0.1) is 0 Å². The third-order valence-electron chi connectivity index (χ3n) is 4.25. The number of aromatic nitrogens is 4. The van der Waals surface area contributed by atoms with Gasteiger partial charge < -0.3 is 9.09 Å². The van der Waals surface area contributed by atoms with Crippen molar-refractivity contribution in [3.05, 3.63) is 60.7 Å². The number of nitrogens with zero attached hydrogens (tertiary/aromatic N) is 4. The second-order valence-corrected chi connectivity index (χ2v) is 8.04. The highest BCUT2D eigenvalue weighted by Crippen LogP contribution is 2.30. The van der Waals surface area contributed by atoms with E-state index in [1.54, 1.807) is 34.9 Å². The first-order valence-electron chi connectivity index (χ1n) is 8.65. The predicted molar refractivity (Wildman–Crippen MR) is 99.7 cm³/mol. The highest BCUT2D eigenvalue weighted by atomic mass is 32.2. The third-order valence-corrected chi connectivity index (χ3v) is 5.72. The van der Waals surface area contributed by atoms with Gasteiger partial charge in [-0.25, -0.2) is 18.1 Å². The molecule has 8 nitrogen and oxygen atoms in total. The van der Waals surface area contributed by atoms with Crippen molar-refractivity contribution in [3.8, 4) is 11.4 Å². The van der Waals surface area contributed by atoms with Crippen molar-refractivity contribution in [2.24, 2.45) is 0 Å². The van der Waals surface area contributed by atoms with E-state index in [9.17, 15) is 21.6 Å². The lowest BCUT2D eigenvalue weighted by Gasteiger charge is -2.08. The SMILES string of the molecule is O=S(=O)(NCCn1cnc2ccc(-c3noc(C(F)(F)F)n3)cc21)c1ccccc1. The average Bonchev–Trinajstić information content (AvgIpc) is 3.36. The molecule has 2 aromatic carbocycles.